The fourth-order valence-corrected chi connectivity index (χ4v) is 1.18. The van der Waals surface area contributed by atoms with Crippen LogP contribution >= 0.6 is 12.4 Å². The summed E-state index contributed by atoms with van der Waals surface area (Å²) in [5, 5.41) is 0. The molecule has 0 radical (unpaired) electrons. The molecule has 1 saturated carbocycles. The lowest BCUT2D eigenvalue weighted by Gasteiger charge is -2.03. The van der Waals surface area contributed by atoms with Gasteiger partial charge in [0.15, 0.2) is 0 Å². The van der Waals surface area contributed by atoms with E-state index in [0.29, 0.717) is 19.4 Å². The van der Waals surface area contributed by atoms with Crippen molar-refractivity contribution in [3.8, 4) is 0 Å². The van der Waals surface area contributed by atoms with Gasteiger partial charge in [0, 0.05) is 0 Å². The van der Waals surface area contributed by atoms with Crippen molar-refractivity contribution < 1.29 is 13.2 Å². The Bertz CT molecular complexity index is 125. The molecule has 1 aliphatic carbocycles. The quantitative estimate of drug-likeness (QED) is 0.706. The van der Waals surface area contributed by atoms with Crippen molar-refractivity contribution in [3.05, 3.63) is 0 Å². The van der Waals surface area contributed by atoms with Crippen LogP contribution in [0.2, 0.25) is 0 Å². The van der Waals surface area contributed by atoms with Gasteiger partial charge in [-0.25, -0.2) is 0 Å². The zero-order chi connectivity index (χ0) is 7.78. The molecule has 0 aromatic heterocycles. The molecule has 1 rings (SSSR count). The monoisotopic (exact) mass is 189 g/mol. The van der Waals surface area contributed by atoms with Crippen LogP contribution in [0.1, 0.15) is 12.8 Å². The van der Waals surface area contributed by atoms with Crippen LogP contribution < -0.4 is 5.73 Å². The maximum absolute atomic E-state index is 11.8. The van der Waals surface area contributed by atoms with Crippen LogP contribution in [0, 0.1) is 11.8 Å². The molecule has 1 fully saturated rings. The van der Waals surface area contributed by atoms with Crippen LogP contribution in [0.15, 0.2) is 0 Å². The van der Waals surface area contributed by atoms with Crippen LogP contribution in [-0.4, -0.2) is 12.7 Å². The SMILES string of the molecule is Cl.NCCC1CC1C(F)(F)F. The third-order valence-electron chi connectivity index (χ3n) is 1.88. The summed E-state index contributed by atoms with van der Waals surface area (Å²) in [5.74, 6) is -1.22. The molecule has 0 heterocycles. The van der Waals surface area contributed by atoms with E-state index in [-0.39, 0.29) is 18.3 Å². The van der Waals surface area contributed by atoms with Crippen molar-refractivity contribution >= 4 is 12.4 Å². The van der Waals surface area contributed by atoms with E-state index in [0.717, 1.165) is 0 Å². The summed E-state index contributed by atoms with van der Waals surface area (Å²) in [4.78, 5) is 0. The average molecular weight is 190 g/mol. The van der Waals surface area contributed by atoms with Gasteiger partial charge in [-0.2, -0.15) is 13.2 Å². The molecular weight excluding hydrogens is 179 g/mol. The van der Waals surface area contributed by atoms with E-state index >= 15 is 0 Å². The summed E-state index contributed by atoms with van der Waals surface area (Å²) in [7, 11) is 0. The molecule has 0 aromatic carbocycles. The minimum absolute atomic E-state index is 0. The first-order valence-corrected chi connectivity index (χ1v) is 3.32. The van der Waals surface area contributed by atoms with Crippen LogP contribution in [0.4, 0.5) is 13.2 Å². The maximum atomic E-state index is 11.8. The summed E-state index contributed by atoms with van der Waals surface area (Å²) in [5.41, 5.74) is 5.11. The van der Waals surface area contributed by atoms with E-state index in [2.05, 4.69) is 0 Å². The summed E-state index contributed by atoms with van der Waals surface area (Å²) < 4.78 is 35.3. The number of halogens is 4. The lowest BCUT2D eigenvalue weighted by Crippen LogP contribution is -2.13. The second-order valence-corrected chi connectivity index (χ2v) is 2.72. The standard InChI is InChI=1S/C6H10F3N.ClH/c7-6(8,9)5-3-4(5)1-2-10;/h4-5H,1-3,10H2;1H. The van der Waals surface area contributed by atoms with Crippen molar-refractivity contribution in [3.63, 3.8) is 0 Å². The van der Waals surface area contributed by atoms with E-state index in [9.17, 15) is 13.2 Å². The van der Waals surface area contributed by atoms with Crippen LogP contribution in [0.3, 0.4) is 0 Å². The Morgan fingerprint density at radius 2 is 1.91 bits per heavy atom. The Labute approximate surface area is 69.5 Å². The molecule has 0 bridgehead atoms. The highest BCUT2D eigenvalue weighted by atomic mass is 35.5. The molecule has 0 spiro atoms. The van der Waals surface area contributed by atoms with Gasteiger partial charge in [-0.05, 0) is 25.3 Å². The largest absolute Gasteiger partial charge is 0.392 e. The fraction of sp³-hybridized carbons (Fsp3) is 1.00. The van der Waals surface area contributed by atoms with E-state index in [4.69, 9.17) is 5.73 Å². The normalized spacial score (nSPS) is 29.5. The number of hydrogen-bond acceptors (Lipinski definition) is 1. The smallest absolute Gasteiger partial charge is 0.330 e. The highest BCUT2D eigenvalue weighted by Gasteiger charge is 2.54. The number of alkyl halides is 3. The molecule has 0 aromatic rings. The Morgan fingerprint density at radius 1 is 1.36 bits per heavy atom. The van der Waals surface area contributed by atoms with Crippen LogP contribution in [0.25, 0.3) is 0 Å². The number of rotatable bonds is 2. The predicted octanol–water partition coefficient (Wildman–Crippen LogP) is 1.96. The molecule has 2 unspecified atom stereocenters. The van der Waals surface area contributed by atoms with Gasteiger partial charge in [0.05, 0.1) is 5.92 Å². The third kappa shape index (κ3) is 2.87. The highest BCUT2D eigenvalue weighted by molar-refractivity contribution is 5.85. The molecule has 2 N–H and O–H groups in total. The molecular formula is C6H11ClF3N. The molecule has 11 heavy (non-hydrogen) atoms. The number of nitrogens with two attached hydrogens (primary N) is 1. The van der Waals surface area contributed by atoms with Crippen molar-refractivity contribution in [1.82, 2.24) is 0 Å². The van der Waals surface area contributed by atoms with Gasteiger partial charge < -0.3 is 5.73 Å². The Morgan fingerprint density at radius 3 is 2.18 bits per heavy atom. The van der Waals surface area contributed by atoms with Gasteiger partial charge in [0.1, 0.15) is 0 Å². The van der Waals surface area contributed by atoms with Gasteiger partial charge in [0.25, 0.3) is 0 Å². The Balaban J connectivity index is 0.000001000. The van der Waals surface area contributed by atoms with Crippen molar-refractivity contribution in [2.45, 2.75) is 19.0 Å². The fourth-order valence-electron chi connectivity index (χ4n) is 1.18. The van der Waals surface area contributed by atoms with Gasteiger partial charge in [-0.1, -0.05) is 0 Å². The molecule has 1 aliphatic rings. The second-order valence-electron chi connectivity index (χ2n) is 2.72. The maximum Gasteiger partial charge on any atom is 0.392 e. The third-order valence-corrected chi connectivity index (χ3v) is 1.88. The Hall–Kier alpha value is 0.0400. The van der Waals surface area contributed by atoms with Crippen LogP contribution in [0.5, 0.6) is 0 Å². The predicted molar refractivity (Wildman–Crippen MR) is 38.6 cm³/mol. The molecule has 2 atom stereocenters. The minimum Gasteiger partial charge on any atom is -0.330 e. The topological polar surface area (TPSA) is 26.0 Å². The van der Waals surface area contributed by atoms with Gasteiger partial charge in [0.2, 0.25) is 0 Å². The molecule has 5 heteroatoms. The first kappa shape index (κ1) is 11.0. The van der Waals surface area contributed by atoms with Crippen LogP contribution in [-0.2, 0) is 0 Å². The molecule has 0 saturated heterocycles. The van der Waals surface area contributed by atoms with Crippen molar-refractivity contribution in [2.75, 3.05) is 6.54 Å². The van der Waals surface area contributed by atoms with Crippen molar-refractivity contribution in [2.24, 2.45) is 17.6 Å². The second kappa shape index (κ2) is 3.63. The minimum atomic E-state index is -3.97. The van der Waals surface area contributed by atoms with E-state index in [1.54, 1.807) is 0 Å². The first-order chi connectivity index (χ1) is 4.55. The molecule has 0 amide bonds. The summed E-state index contributed by atoms with van der Waals surface area (Å²) in [6.07, 6.45) is -3.16. The molecule has 68 valence electrons. The summed E-state index contributed by atoms with van der Waals surface area (Å²) >= 11 is 0. The number of hydrogen-bond donors (Lipinski definition) is 1. The summed E-state index contributed by atoms with van der Waals surface area (Å²) in [6, 6.07) is 0. The summed E-state index contributed by atoms with van der Waals surface area (Å²) in [6.45, 7) is 0.372. The highest BCUT2D eigenvalue weighted by Crippen LogP contribution is 2.51. The van der Waals surface area contributed by atoms with E-state index < -0.39 is 12.1 Å². The zero-order valence-electron chi connectivity index (χ0n) is 5.90. The van der Waals surface area contributed by atoms with Crippen molar-refractivity contribution in [1.29, 1.82) is 0 Å². The van der Waals surface area contributed by atoms with Gasteiger partial charge >= 0.3 is 6.18 Å². The van der Waals surface area contributed by atoms with Gasteiger partial charge in [-0.15, -0.1) is 12.4 Å². The Kier molecular flexibility index (Phi) is 3.64. The first-order valence-electron chi connectivity index (χ1n) is 3.32. The lowest BCUT2D eigenvalue weighted by molar-refractivity contribution is -0.151. The zero-order valence-corrected chi connectivity index (χ0v) is 6.71. The average Bonchev–Trinajstić information content (AvgIpc) is 2.44. The van der Waals surface area contributed by atoms with Gasteiger partial charge in [-0.3, -0.25) is 0 Å². The van der Waals surface area contributed by atoms with E-state index in [1.165, 1.54) is 0 Å². The lowest BCUT2D eigenvalue weighted by atomic mass is 10.2. The molecule has 1 nitrogen and oxygen atoms in total. The van der Waals surface area contributed by atoms with E-state index in [1.807, 2.05) is 0 Å². The molecule has 0 aliphatic heterocycles.